The van der Waals surface area contributed by atoms with E-state index in [0.29, 0.717) is 18.8 Å². The third kappa shape index (κ3) is 3.57. The number of nitrogens with two attached hydrogens (primary N) is 1. The van der Waals surface area contributed by atoms with Crippen molar-refractivity contribution in [2.24, 2.45) is 18.2 Å². The molecule has 8 heteroatoms. The average Bonchev–Trinajstić information content (AvgIpc) is 3.09. The Kier molecular flexibility index (Phi) is 5.13. The number of rotatable bonds is 2. The van der Waals surface area contributed by atoms with Crippen molar-refractivity contribution in [2.45, 2.75) is 26.3 Å². The van der Waals surface area contributed by atoms with Crippen molar-refractivity contribution in [2.75, 3.05) is 13.1 Å². The molecule has 2 aromatic rings. The predicted octanol–water partition coefficient (Wildman–Crippen LogP) is 2.16. The van der Waals surface area contributed by atoms with Gasteiger partial charge < -0.3 is 10.6 Å². The molecule has 3 heterocycles. The topological polar surface area (TPSA) is 77.0 Å². The van der Waals surface area contributed by atoms with Crippen LogP contribution in [0.5, 0.6) is 0 Å². The van der Waals surface area contributed by atoms with Crippen LogP contribution in [0.2, 0.25) is 0 Å². The number of aromatic nitrogens is 3. The van der Waals surface area contributed by atoms with E-state index in [1.807, 2.05) is 23.5 Å². The Morgan fingerprint density at radius 3 is 2.83 bits per heavy atom. The number of halogens is 1. The number of likely N-dealkylation sites (tertiary alicyclic amines) is 1. The van der Waals surface area contributed by atoms with Gasteiger partial charge in [0.15, 0.2) is 0 Å². The van der Waals surface area contributed by atoms with E-state index in [9.17, 15) is 4.79 Å². The molecule has 1 aliphatic heterocycles. The summed E-state index contributed by atoms with van der Waals surface area (Å²) in [6.07, 6.45) is 4.49. The summed E-state index contributed by atoms with van der Waals surface area (Å²) in [5, 5.41) is 6.79. The Bertz CT molecular complexity index is 696. The molecule has 1 amide bonds. The first-order valence-electron chi connectivity index (χ1n) is 7.36. The summed E-state index contributed by atoms with van der Waals surface area (Å²) in [5.74, 6) is -0.00800. The molecule has 1 fully saturated rings. The van der Waals surface area contributed by atoms with Gasteiger partial charge >= 0.3 is 0 Å². The van der Waals surface area contributed by atoms with Gasteiger partial charge in [0.2, 0.25) is 0 Å². The van der Waals surface area contributed by atoms with Crippen molar-refractivity contribution < 1.29 is 4.79 Å². The number of carbonyl (C=O) groups excluding carboxylic acids is 1. The van der Waals surface area contributed by atoms with Crippen molar-refractivity contribution in [1.29, 1.82) is 0 Å². The van der Waals surface area contributed by atoms with E-state index in [-0.39, 0.29) is 29.8 Å². The van der Waals surface area contributed by atoms with E-state index in [2.05, 4.69) is 23.9 Å². The van der Waals surface area contributed by atoms with Gasteiger partial charge in [-0.15, -0.1) is 23.7 Å². The molecule has 2 N–H and O–H groups in total. The highest BCUT2D eigenvalue weighted by Crippen LogP contribution is 2.29. The van der Waals surface area contributed by atoms with Crippen molar-refractivity contribution in [1.82, 2.24) is 19.7 Å². The zero-order valence-electron chi connectivity index (χ0n) is 13.5. The third-order valence-corrected chi connectivity index (χ3v) is 5.17. The van der Waals surface area contributed by atoms with Crippen molar-refractivity contribution >= 4 is 29.7 Å². The van der Waals surface area contributed by atoms with Gasteiger partial charge in [0.05, 0.1) is 6.20 Å². The fourth-order valence-electron chi connectivity index (χ4n) is 2.75. The van der Waals surface area contributed by atoms with Gasteiger partial charge in [-0.3, -0.25) is 9.48 Å². The molecular weight excluding hydrogens is 334 g/mol. The number of amides is 1. The second-order valence-corrected chi connectivity index (χ2v) is 7.41. The molecule has 0 aliphatic carbocycles. The summed E-state index contributed by atoms with van der Waals surface area (Å²) in [6, 6.07) is 0.137. The summed E-state index contributed by atoms with van der Waals surface area (Å²) in [5.41, 5.74) is 7.52. The van der Waals surface area contributed by atoms with Gasteiger partial charge in [0.25, 0.3) is 5.91 Å². The fourth-order valence-corrected chi connectivity index (χ4v) is 3.51. The number of aryl methyl sites for hydroxylation is 1. The number of piperidine rings is 1. The Morgan fingerprint density at radius 1 is 1.48 bits per heavy atom. The first-order chi connectivity index (χ1) is 10.4. The quantitative estimate of drug-likeness (QED) is 0.895. The normalized spacial score (nSPS) is 20.2. The summed E-state index contributed by atoms with van der Waals surface area (Å²) in [6.45, 7) is 5.59. The second kappa shape index (κ2) is 6.59. The zero-order chi connectivity index (χ0) is 15.9. The molecule has 0 aromatic carbocycles. The van der Waals surface area contributed by atoms with Crippen LogP contribution in [0.4, 0.5) is 0 Å². The van der Waals surface area contributed by atoms with E-state index in [1.165, 1.54) is 11.3 Å². The maximum absolute atomic E-state index is 12.7. The fraction of sp³-hybridized carbons (Fsp3) is 0.533. The van der Waals surface area contributed by atoms with E-state index in [0.717, 1.165) is 17.0 Å². The second-order valence-electron chi connectivity index (χ2n) is 6.55. The number of thiazole rings is 1. The summed E-state index contributed by atoms with van der Waals surface area (Å²) < 4.78 is 1.73. The number of nitrogens with zero attached hydrogens (tertiary/aromatic N) is 4. The molecule has 6 nitrogen and oxygen atoms in total. The van der Waals surface area contributed by atoms with Crippen LogP contribution < -0.4 is 5.73 Å². The lowest BCUT2D eigenvalue weighted by atomic mass is 9.79. The summed E-state index contributed by atoms with van der Waals surface area (Å²) >= 11 is 1.47. The lowest BCUT2D eigenvalue weighted by Crippen LogP contribution is -2.54. The number of hydrogen-bond acceptors (Lipinski definition) is 5. The number of carbonyl (C=O) groups is 1. The van der Waals surface area contributed by atoms with E-state index >= 15 is 0 Å². The number of hydrogen-bond donors (Lipinski definition) is 1. The molecule has 0 spiro atoms. The summed E-state index contributed by atoms with van der Waals surface area (Å²) in [7, 11) is 1.86. The third-order valence-electron chi connectivity index (χ3n) is 4.27. The minimum Gasteiger partial charge on any atom is -0.337 e. The molecule has 23 heavy (non-hydrogen) atoms. The highest BCUT2D eigenvalue weighted by molar-refractivity contribution is 7.13. The maximum atomic E-state index is 12.7. The van der Waals surface area contributed by atoms with Crippen LogP contribution in [0.15, 0.2) is 17.8 Å². The van der Waals surface area contributed by atoms with Crippen LogP contribution in [0.25, 0.3) is 10.6 Å². The molecule has 126 valence electrons. The standard InChI is InChI=1S/C15H21N5OS.ClH/c1-15(2)9-20(5-4-12(15)16)14(21)11-8-22-13(18-11)10-6-17-19(3)7-10;/h6-8,12H,4-5,9,16H2,1-3H3;1H. The lowest BCUT2D eigenvalue weighted by molar-refractivity contribution is 0.0528. The Hall–Kier alpha value is -1.44. The average molecular weight is 356 g/mol. The first-order valence-corrected chi connectivity index (χ1v) is 8.24. The maximum Gasteiger partial charge on any atom is 0.273 e. The van der Waals surface area contributed by atoms with Gasteiger partial charge in [0, 0.05) is 43.3 Å². The van der Waals surface area contributed by atoms with Gasteiger partial charge in [-0.2, -0.15) is 5.10 Å². The van der Waals surface area contributed by atoms with Gasteiger partial charge in [-0.05, 0) is 11.8 Å². The van der Waals surface area contributed by atoms with Crippen molar-refractivity contribution in [3.05, 3.63) is 23.5 Å². The molecule has 3 rings (SSSR count). The molecule has 1 saturated heterocycles. The molecular formula is C15H22ClN5OS. The monoisotopic (exact) mass is 355 g/mol. The van der Waals surface area contributed by atoms with Gasteiger partial charge in [-0.25, -0.2) is 4.98 Å². The van der Waals surface area contributed by atoms with Gasteiger partial charge in [-0.1, -0.05) is 13.8 Å². The van der Waals surface area contributed by atoms with E-state index in [1.54, 1.807) is 10.9 Å². The highest BCUT2D eigenvalue weighted by Gasteiger charge is 2.36. The van der Waals surface area contributed by atoms with Crippen LogP contribution in [-0.4, -0.2) is 44.7 Å². The molecule has 1 aliphatic rings. The SMILES string of the molecule is Cl.Cn1cc(-c2nc(C(=O)N3CCC(N)C(C)(C)C3)cs2)cn1. The van der Waals surface area contributed by atoms with Crippen molar-refractivity contribution in [3.63, 3.8) is 0 Å². The van der Waals surface area contributed by atoms with Gasteiger partial charge in [0.1, 0.15) is 10.7 Å². The molecule has 0 bridgehead atoms. The largest absolute Gasteiger partial charge is 0.337 e. The molecule has 1 unspecified atom stereocenters. The van der Waals surface area contributed by atoms with Crippen LogP contribution in [0, 0.1) is 5.41 Å². The van der Waals surface area contributed by atoms with Crippen LogP contribution in [-0.2, 0) is 7.05 Å². The Labute approximate surface area is 146 Å². The molecule has 0 radical (unpaired) electrons. The highest BCUT2D eigenvalue weighted by atomic mass is 35.5. The first kappa shape index (κ1) is 17.9. The lowest BCUT2D eigenvalue weighted by Gasteiger charge is -2.42. The minimum atomic E-state index is -0.0594. The molecule has 1 atom stereocenters. The van der Waals surface area contributed by atoms with Crippen molar-refractivity contribution in [3.8, 4) is 10.6 Å². The zero-order valence-corrected chi connectivity index (χ0v) is 15.2. The van der Waals surface area contributed by atoms with Crippen LogP contribution in [0.1, 0.15) is 30.8 Å². The molecule has 0 saturated carbocycles. The predicted molar refractivity (Wildman–Crippen MR) is 93.8 cm³/mol. The Balaban J connectivity index is 0.00000192. The Morgan fingerprint density at radius 2 is 2.22 bits per heavy atom. The van der Waals surface area contributed by atoms with E-state index < -0.39 is 0 Å². The summed E-state index contributed by atoms with van der Waals surface area (Å²) in [4.78, 5) is 19.0. The molecule has 2 aromatic heterocycles. The minimum absolute atomic E-state index is 0. The smallest absolute Gasteiger partial charge is 0.273 e. The van der Waals surface area contributed by atoms with Crippen LogP contribution >= 0.6 is 23.7 Å². The van der Waals surface area contributed by atoms with E-state index in [4.69, 9.17) is 5.73 Å². The van der Waals surface area contributed by atoms with Crippen LogP contribution in [0.3, 0.4) is 0 Å².